The Labute approximate surface area is 212 Å². The predicted octanol–water partition coefficient (Wildman–Crippen LogP) is 4.77. The molecule has 0 spiro atoms. The van der Waals surface area contributed by atoms with Crippen LogP contribution in [0, 0.1) is 0 Å². The van der Waals surface area contributed by atoms with E-state index in [4.69, 9.17) is 25.8 Å². The van der Waals surface area contributed by atoms with Gasteiger partial charge >= 0.3 is 5.97 Å². The molecular weight excluding hydrogens is 486 g/mol. The highest BCUT2D eigenvalue weighted by Crippen LogP contribution is 2.34. The topological polar surface area (TPSA) is 107 Å². The number of nitrogens with one attached hydrogen (secondary N) is 1. The Balaban J connectivity index is 1.58. The summed E-state index contributed by atoms with van der Waals surface area (Å²) in [6, 6.07) is 18.3. The zero-order valence-corrected chi connectivity index (χ0v) is 20.4. The first-order chi connectivity index (χ1) is 17.3. The Kier molecular flexibility index (Phi) is 7.21. The minimum Gasteiger partial charge on any atom is -0.497 e. The van der Waals surface area contributed by atoms with Gasteiger partial charge in [-0.15, -0.1) is 5.10 Å². The number of hydrogen-bond donors (Lipinski definition) is 1. The fourth-order valence-corrected chi connectivity index (χ4v) is 3.74. The van der Waals surface area contributed by atoms with Crippen molar-refractivity contribution in [3.8, 4) is 11.5 Å². The summed E-state index contributed by atoms with van der Waals surface area (Å²) in [5.41, 5.74) is 1.84. The Bertz CT molecular complexity index is 1360. The molecule has 1 aliphatic rings. The Morgan fingerprint density at radius 2 is 1.75 bits per heavy atom. The van der Waals surface area contributed by atoms with Gasteiger partial charge in [-0.25, -0.2) is 0 Å². The molecule has 36 heavy (non-hydrogen) atoms. The molecule has 1 aliphatic heterocycles. The van der Waals surface area contributed by atoms with Crippen LogP contribution < -0.4 is 14.8 Å². The third-order valence-electron chi connectivity index (χ3n) is 5.21. The molecule has 0 bridgehead atoms. The number of nitrogens with zero attached hydrogens (tertiary/aromatic N) is 2. The first-order valence-corrected chi connectivity index (χ1v) is 11.2. The van der Waals surface area contributed by atoms with Crippen LogP contribution in [0.4, 0.5) is 5.69 Å². The van der Waals surface area contributed by atoms with E-state index in [0.717, 1.165) is 0 Å². The quantitative estimate of drug-likeness (QED) is 0.380. The number of anilines is 1. The fourth-order valence-electron chi connectivity index (χ4n) is 3.51. The molecule has 0 fully saturated rings. The minimum atomic E-state index is -0.873. The molecule has 2 amide bonds. The van der Waals surface area contributed by atoms with E-state index in [1.165, 1.54) is 26.0 Å². The minimum absolute atomic E-state index is 0.0847. The van der Waals surface area contributed by atoms with Gasteiger partial charge in [-0.05, 0) is 42.5 Å². The summed E-state index contributed by atoms with van der Waals surface area (Å²) < 4.78 is 16.6. The standard InChI is InChI=1S/C26H22ClN3O6/c1-15(31)30-26(36-25(29-30)21-14-19(34-3)12-13-23(21)35-16(2)32)17-8-10-18(11-9-17)28-24(33)20-6-4-5-7-22(20)27/h4-14,26H,1-3H3,(H,28,33)/t26-/m1/s1. The van der Waals surface area contributed by atoms with Gasteiger partial charge in [0.05, 0.1) is 23.3 Å². The molecule has 1 heterocycles. The van der Waals surface area contributed by atoms with Gasteiger partial charge in [-0.3, -0.25) is 14.4 Å². The SMILES string of the molecule is COc1ccc(OC(C)=O)c(C2=NN(C(C)=O)[C@@H](c3ccc(NC(=O)c4ccccc4Cl)cc3)O2)c1. The lowest BCUT2D eigenvalue weighted by atomic mass is 10.1. The van der Waals surface area contributed by atoms with E-state index in [9.17, 15) is 14.4 Å². The number of halogens is 1. The summed E-state index contributed by atoms with van der Waals surface area (Å²) >= 11 is 6.10. The number of carbonyl (C=O) groups is 3. The number of amides is 2. The van der Waals surface area contributed by atoms with Crippen molar-refractivity contribution in [2.45, 2.75) is 20.1 Å². The summed E-state index contributed by atoms with van der Waals surface area (Å²) in [7, 11) is 1.50. The molecule has 4 rings (SSSR count). The number of methoxy groups -OCH3 is 1. The van der Waals surface area contributed by atoms with Crippen LogP contribution in [0.25, 0.3) is 0 Å². The smallest absolute Gasteiger partial charge is 0.308 e. The zero-order valence-electron chi connectivity index (χ0n) is 19.7. The highest BCUT2D eigenvalue weighted by atomic mass is 35.5. The highest BCUT2D eigenvalue weighted by Gasteiger charge is 2.34. The van der Waals surface area contributed by atoms with Crippen molar-refractivity contribution in [2.24, 2.45) is 5.10 Å². The number of esters is 1. The summed E-state index contributed by atoms with van der Waals surface area (Å²) in [6.07, 6.45) is -0.873. The number of hydrogen-bond acceptors (Lipinski definition) is 7. The first-order valence-electron chi connectivity index (χ1n) is 10.8. The molecule has 3 aromatic carbocycles. The van der Waals surface area contributed by atoms with Gasteiger partial charge in [0, 0.05) is 25.1 Å². The third-order valence-corrected chi connectivity index (χ3v) is 5.54. The van der Waals surface area contributed by atoms with Crippen molar-refractivity contribution >= 4 is 41.0 Å². The van der Waals surface area contributed by atoms with E-state index >= 15 is 0 Å². The van der Waals surface area contributed by atoms with Crippen LogP contribution in [0.15, 0.2) is 71.8 Å². The first kappa shape index (κ1) is 24.7. The fraction of sp³-hybridized carbons (Fsp3) is 0.154. The molecule has 0 saturated carbocycles. The second-order valence-electron chi connectivity index (χ2n) is 7.75. The lowest BCUT2D eigenvalue weighted by Gasteiger charge is -2.19. The monoisotopic (exact) mass is 507 g/mol. The summed E-state index contributed by atoms with van der Waals surface area (Å²) in [5, 5.41) is 8.64. The van der Waals surface area contributed by atoms with Crippen molar-refractivity contribution in [3.63, 3.8) is 0 Å². The summed E-state index contributed by atoms with van der Waals surface area (Å²) in [4.78, 5) is 36.5. The van der Waals surface area contributed by atoms with Crippen molar-refractivity contribution in [1.82, 2.24) is 5.01 Å². The van der Waals surface area contributed by atoms with Crippen molar-refractivity contribution < 1.29 is 28.6 Å². The number of carbonyl (C=O) groups excluding carboxylic acids is 3. The van der Waals surface area contributed by atoms with Crippen LogP contribution in [0.5, 0.6) is 11.5 Å². The number of benzene rings is 3. The van der Waals surface area contributed by atoms with Crippen molar-refractivity contribution in [3.05, 3.63) is 88.4 Å². The van der Waals surface area contributed by atoms with Gasteiger partial charge in [0.1, 0.15) is 11.5 Å². The second kappa shape index (κ2) is 10.5. The zero-order chi connectivity index (χ0) is 25.8. The number of ether oxygens (including phenoxy) is 3. The second-order valence-corrected chi connectivity index (χ2v) is 8.16. The number of hydrazone groups is 1. The molecule has 0 aromatic heterocycles. The Morgan fingerprint density at radius 3 is 2.39 bits per heavy atom. The lowest BCUT2D eigenvalue weighted by molar-refractivity contribution is -0.135. The maximum Gasteiger partial charge on any atom is 0.308 e. The van der Waals surface area contributed by atoms with Crippen LogP contribution >= 0.6 is 11.6 Å². The molecule has 3 aromatic rings. The van der Waals surface area contributed by atoms with Crippen LogP contribution in [0.2, 0.25) is 5.02 Å². The third kappa shape index (κ3) is 5.31. The molecular formula is C26H22ClN3O6. The van der Waals surface area contributed by atoms with Crippen molar-refractivity contribution in [1.29, 1.82) is 0 Å². The Hall–Kier alpha value is -4.37. The summed E-state index contributed by atoms with van der Waals surface area (Å²) in [5.74, 6) is -0.441. The van der Waals surface area contributed by atoms with Gasteiger partial charge in [0.25, 0.3) is 5.91 Å². The van der Waals surface area contributed by atoms with Crippen LogP contribution in [0.1, 0.15) is 41.6 Å². The summed E-state index contributed by atoms with van der Waals surface area (Å²) in [6.45, 7) is 2.64. The van der Waals surface area contributed by atoms with Crippen LogP contribution in [0.3, 0.4) is 0 Å². The maximum atomic E-state index is 12.5. The van der Waals surface area contributed by atoms with Gasteiger partial charge < -0.3 is 19.5 Å². The van der Waals surface area contributed by atoms with E-state index < -0.39 is 12.2 Å². The Morgan fingerprint density at radius 1 is 1.03 bits per heavy atom. The van der Waals surface area contributed by atoms with E-state index in [-0.39, 0.29) is 23.5 Å². The van der Waals surface area contributed by atoms with Gasteiger partial charge in [-0.2, -0.15) is 5.01 Å². The molecule has 0 unspecified atom stereocenters. The number of rotatable bonds is 6. The maximum absolute atomic E-state index is 12.5. The van der Waals surface area contributed by atoms with E-state index in [0.29, 0.717) is 33.1 Å². The molecule has 184 valence electrons. The molecule has 0 radical (unpaired) electrons. The average molecular weight is 508 g/mol. The van der Waals surface area contributed by atoms with Gasteiger partial charge in [0.2, 0.25) is 18.0 Å². The molecule has 1 atom stereocenters. The molecule has 10 heteroatoms. The normalized spacial score (nSPS) is 14.5. The average Bonchev–Trinajstić information content (AvgIpc) is 3.30. The molecule has 0 saturated heterocycles. The van der Waals surface area contributed by atoms with Crippen LogP contribution in [-0.4, -0.2) is 35.8 Å². The molecule has 0 aliphatic carbocycles. The van der Waals surface area contributed by atoms with Crippen molar-refractivity contribution in [2.75, 3.05) is 12.4 Å². The van der Waals surface area contributed by atoms with E-state index in [2.05, 4.69) is 10.4 Å². The van der Waals surface area contributed by atoms with Gasteiger partial charge in [-0.1, -0.05) is 35.9 Å². The van der Waals surface area contributed by atoms with Crippen LogP contribution in [-0.2, 0) is 14.3 Å². The molecule has 1 N–H and O–H groups in total. The molecule has 9 nitrogen and oxygen atoms in total. The lowest BCUT2D eigenvalue weighted by Crippen LogP contribution is -2.25. The predicted molar refractivity (Wildman–Crippen MR) is 133 cm³/mol. The van der Waals surface area contributed by atoms with E-state index in [1.807, 2.05) is 0 Å². The van der Waals surface area contributed by atoms with Gasteiger partial charge in [0.15, 0.2) is 0 Å². The van der Waals surface area contributed by atoms with E-state index in [1.54, 1.807) is 66.7 Å². The highest BCUT2D eigenvalue weighted by molar-refractivity contribution is 6.34. The largest absolute Gasteiger partial charge is 0.497 e.